The van der Waals surface area contributed by atoms with Gasteiger partial charge in [0.1, 0.15) is 18.4 Å². The Bertz CT molecular complexity index is 1520. The molecule has 0 saturated heterocycles. The first kappa shape index (κ1) is 28.8. The van der Waals surface area contributed by atoms with Crippen molar-refractivity contribution in [2.75, 3.05) is 25.0 Å². The number of anilines is 1. The van der Waals surface area contributed by atoms with Crippen molar-refractivity contribution in [3.63, 3.8) is 0 Å². The molecule has 0 spiro atoms. The standard InChI is InChI=1S/C35H34N2O5/c38-32(26-9-3-1-4-10-26)29-13-7-8-14-30(29)37-31(34(40)41)23-25-15-17-28(18-16-25)42-22-21-36-24-35(19-20-35)33(39)27-11-5-2-6-12-27/h1-18,31,36-37H,19-24H2,(H,40,41). The number of ketones is 2. The van der Waals surface area contributed by atoms with Gasteiger partial charge < -0.3 is 20.5 Å². The van der Waals surface area contributed by atoms with E-state index in [0.29, 0.717) is 42.3 Å². The van der Waals surface area contributed by atoms with Crippen LogP contribution in [-0.4, -0.2) is 48.4 Å². The van der Waals surface area contributed by atoms with E-state index in [1.54, 1.807) is 48.5 Å². The monoisotopic (exact) mass is 562 g/mol. The lowest BCUT2D eigenvalue weighted by atomic mass is 9.94. The molecule has 3 N–H and O–H groups in total. The van der Waals surface area contributed by atoms with E-state index in [9.17, 15) is 19.5 Å². The van der Waals surface area contributed by atoms with Gasteiger partial charge in [-0.15, -0.1) is 0 Å². The van der Waals surface area contributed by atoms with Gasteiger partial charge in [0, 0.05) is 47.3 Å². The third-order valence-corrected chi connectivity index (χ3v) is 7.58. The minimum Gasteiger partial charge on any atom is -0.492 e. The second-order valence-electron chi connectivity index (χ2n) is 10.6. The normalized spacial score (nSPS) is 14.0. The van der Waals surface area contributed by atoms with Crippen molar-refractivity contribution in [2.24, 2.45) is 5.41 Å². The number of carboxylic acids is 1. The Morgan fingerprint density at radius 2 is 1.40 bits per heavy atom. The molecule has 1 aliphatic carbocycles. The summed E-state index contributed by atoms with van der Waals surface area (Å²) in [5, 5.41) is 16.3. The van der Waals surface area contributed by atoms with E-state index < -0.39 is 12.0 Å². The number of Topliss-reactive ketones (excluding diaryl/α,β-unsaturated/α-hetero) is 1. The Kier molecular flexibility index (Phi) is 9.09. The van der Waals surface area contributed by atoms with Crippen LogP contribution >= 0.6 is 0 Å². The number of ether oxygens (including phenoxy) is 1. The van der Waals surface area contributed by atoms with Crippen LogP contribution in [0.3, 0.4) is 0 Å². The molecule has 4 aromatic rings. The lowest BCUT2D eigenvalue weighted by Gasteiger charge is -2.18. The predicted octanol–water partition coefficient (Wildman–Crippen LogP) is 5.66. The van der Waals surface area contributed by atoms with Crippen LogP contribution in [0.1, 0.15) is 44.7 Å². The topological polar surface area (TPSA) is 105 Å². The van der Waals surface area contributed by atoms with Crippen LogP contribution in [0, 0.1) is 5.41 Å². The first-order valence-electron chi connectivity index (χ1n) is 14.2. The molecule has 1 fully saturated rings. The Morgan fingerprint density at radius 1 is 0.786 bits per heavy atom. The molecule has 1 unspecified atom stereocenters. The molecule has 0 radical (unpaired) electrons. The molecule has 0 bridgehead atoms. The highest BCUT2D eigenvalue weighted by molar-refractivity contribution is 6.12. The SMILES string of the molecule is O=C(c1ccccc1)c1ccccc1NC(Cc1ccc(OCCNCC2(C(=O)c3ccccc3)CC2)cc1)C(=O)O. The number of benzene rings is 4. The second kappa shape index (κ2) is 13.3. The molecule has 0 amide bonds. The quantitative estimate of drug-likeness (QED) is 0.127. The summed E-state index contributed by atoms with van der Waals surface area (Å²) in [6, 6.07) is 31.7. The number of nitrogens with one attached hydrogen (secondary N) is 2. The average molecular weight is 563 g/mol. The lowest BCUT2D eigenvalue weighted by Crippen LogP contribution is -2.32. The van der Waals surface area contributed by atoms with E-state index in [0.717, 1.165) is 24.0 Å². The van der Waals surface area contributed by atoms with E-state index in [1.165, 1.54) is 0 Å². The van der Waals surface area contributed by atoms with Gasteiger partial charge in [-0.25, -0.2) is 4.79 Å². The number of carbonyl (C=O) groups excluding carboxylic acids is 2. The number of hydrogen-bond acceptors (Lipinski definition) is 6. The predicted molar refractivity (Wildman–Crippen MR) is 162 cm³/mol. The minimum atomic E-state index is -1.01. The maximum absolute atomic E-state index is 13.1. The highest BCUT2D eigenvalue weighted by Gasteiger charge is 2.49. The van der Waals surface area contributed by atoms with Crippen molar-refractivity contribution in [2.45, 2.75) is 25.3 Å². The number of rotatable bonds is 15. The number of para-hydroxylation sites is 1. The molecule has 1 saturated carbocycles. The van der Waals surface area contributed by atoms with Crippen LogP contribution < -0.4 is 15.4 Å². The van der Waals surface area contributed by atoms with E-state index in [4.69, 9.17) is 4.74 Å². The molecule has 4 aromatic carbocycles. The van der Waals surface area contributed by atoms with Crippen LogP contribution in [0.4, 0.5) is 5.69 Å². The number of aliphatic carboxylic acids is 1. The first-order chi connectivity index (χ1) is 20.4. The third-order valence-electron chi connectivity index (χ3n) is 7.58. The van der Waals surface area contributed by atoms with Crippen LogP contribution in [0.15, 0.2) is 109 Å². The van der Waals surface area contributed by atoms with Gasteiger partial charge in [-0.3, -0.25) is 9.59 Å². The van der Waals surface area contributed by atoms with Crippen LogP contribution in [0.2, 0.25) is 0 Å². The van der Waals surface area contributed by atoms with Gasteiger partial charge in [0.05, 0.1) is 0 Å². The molecule has 0 heterocycles. The van der Waals surface area contributed by atoms with Crippen molar-refractivity contribution in [1.29, 1.82) is 0 Å². The highest BCUT2D eigenvalue weighted by atomic mass is 16.5. The fourth-order valence-corrected chi connectivity index (χ4v) is 5.00. The molecule has 0 aliphatic heterocycles. The fraction of sp³-hybridized carbons (Fsp3) is 0.229. The summed E-state index contributed by atoms with van der Waals surface area (Å²) in [7, 11) is 0. The maximum atomic E-state index is 13.1. The largest absolute Gasteiger partial charge is 0.492 e. The Morgan fingerprint density at radius 3 is 2.05 bits per heavy atom. The Hall–Kier alpha value is -4.75. The molecule has 7 nitrogen and oxygen atoms in total. The molecule has 1 aliphatic rings. The third kappa shape index (κ3) is 7.11. The zero-order valence-corrected chi connectivity index (χ0v) is 23.3. The second-order valence-corrected chi connectivity index (χ2v) is 10.6. The van der Waals surface area contributed by atoms with Crippen molar-refractivity contribution >= 4 is 23.2 Å². The van der Waals surface area contributed by atoms with E-state index in [2.05, 4.69) is 10.6 Å². The summed E-state index contributed by atoms with van der Waals surface area (Å²) >= 11 is 0. The van der Waals surface area contributed by atoms with E-state index >= 15 is 0 Å². The van der Waals surface area contributed by atoms with Gasteiger partial charge in [-0.05, 0) is 42.7 Å². The van der Waals surface area contributed by atoms with Crippen molar-refractivity contribution in [3.05, 3.63) is 131 Å². The molecule has 214 valence electrons. The van der Waals surface area contributed by atoms with Crippen molar-refractivity contribution in [1.82, 2.24) is 5.32 Å². The molecule has 42 heavy (non-hydrogen) atoms. The summed E-state index contributed by atoms with van der Waals surface area (Å²) in [6.45, 7) is 1.69. The smallest absolute Gasteiger partial charge is 0.326 e. The summed E-state index contributed by atoms with van der Waals surface area (Å²) < 4.78 is 5.86. The van der Waals surface area contributed by atoms with E-state index in [-0.39, 0.29) is 23.4 Å². The minimum absolute atomic E-state index is 0.172. The van der Waals surface area contributed by atoms with Crippen molar-refractivity contribution < 1.29 is 24.2 Å². The Balaban J connectivity index is 1.11. The van der Waals surface area contributed by atoms with Crippen molar-refractivity contribution in [3.8, 4) is 5.75 Å². The van der Waals surface area contributed by atoms with E-state index in [1.807, 2.05) is 60.7 Å². The average Bonchev–Trinajstić information content (AvgIpc) is 3.82. The van der Waals surface area contributed by atoms with Gasteiger partial charge in [-0.2, -0.15) is 0 Å². The molecule has 0 aromatic heterocycles. The first-order valence-corrected chi connectivity index (χ1v) is 14.2. The van der Waals surface area contributed by atoms with Gasteiger partial charge in [0.15, 0.2) is 11.6 Å². The molecular weight excluding hydrogens is 528 g/mol. The Labute approximate surface area is 245 Å². The summed E-state index contributed by atoms with van der Waals surface area (Å²) in [6.07, 6.45) is 2.02. The summed E-state index contributed by atoms with van der Waals surface area (Å²) in [5.74, 6) is -0.301. The molecule has 7 heteroatoms. The number of carboxylic acid groups (broad SMARTS) is 1. The zero-order valence-electron chi connectivity index (χ0n) is 23.3. The van der Waals surface area contributed by atoms with Crippen LogP contribution in [0.25, 0.3) is 0 Å². The zero-order chi connectivity index (χ0) is 29.4. The summed E-state index contributed by atoms with van der Waals surface area (Å²) in [5.41, 5.74) is 2.72. The number of carbonyl (C=O) groups is 3. The highest BCUT2D eigenvalue weighted by Crippen LogP contribution is 2.47. The van der Waals surface area contributed by atoms with Gasteiger partial charge in [-0.1, -0.05) is 84.9 Å². The fourth-order valence-electron chi connectivity index (χ4n) is 5.00. The summed E-state index contributed by atoms with van der Waals surface area (Å²) in [4.78, 5) is 38.0. The van der Waals surface area contributed by atoms with Gasteiger partial charge >= 0.3 is 5.97 Å². The maximum Gasteiger partial charge on any atom is 0.326 e. The molecular formula is C35H34N2O5. The molecule has 5 rings (SSSR count). The van der Waals surface area contributed by atoms with Crippen LogP contribution in [0.5, 0.6) is 5.75 Å². The number of hydrogen-bond donors (Lipinski definition) is 3. The lowest BCUT2D eigenvalue weighted by molar-refractivity contribution is -0.137. The van der Waals surface area contributed by atoms with Gasteiger partial charge in [0.2, 0.25) is 0 Å². The van der Waals surface area contributed by atoms with Gasteiger partial charge in [0.25, 0.3) is 0 Å². The van der Waals surface area contributed by atoms with Crippen LogP contribution in [-0.2, 0) is 11.2 Å². The molecule has 1 atom stereocenters.